The first-order chi connectivity index (χ1) is 9.98. The number of aromatic nitrogens is 2. The lowest BCUT2D eigenvalue weighted by molar-refractivity contribution is 0.190. The Labute approximate surface area is 123 Å². The zero-order valence-electron chi connectivity index (χ0n) is 12.4. The molecule has 2 N–H and O–H groups in total. The topological polar surface area (TPSA) is 64.9 Å². The second-order valence-electron chi connectivity index (χ2n) is 6.23. The Bertz CT molecular complexity index is 645. The van der Waals surface area contributed by atoms with Crippen molar-refractivity contribution in [3.63, 3.8) is 0 Å². The molecule has 1 aliphatic rings. The van der Waals surface area contributed by atoms with Gasteiger partial charge in [0.05, 0.1) is 5.54 Å². The van der Waals surface area contributed by atoms with Crippen LogP contribution in [0.2, 0.25) is 0 Å². The average molecular weight is 289 g/mol. The summed E-state index contributed by atoms with van der Waals surface area (Å²) in [4.78, 5) is 4.45. The zero-order valence-corrected chi connectivity index (χ0v) is 12.4. The van der Waals surface area contributed by atoms with Crippen LogP contribution in [0.3, 0.4) is 0 Å². The molecule has 112 valence electrons. The maximum absolute atomic E-state index is 13.3. The van der Waals surface area contributed by atoms with E-state index in [0.29, 0.717) is 23.2 Å². The lowest BCUT2D eigenvalue weighted by Crippen LogP contribution is -2.40. The smallest absolute Gasteiger partial charge is 0.247 e. The number of nitrogens with zero attached hydrogens (tertiary/aromatic N) is 2. The van der Waals surface area contributed by atoms with Crippen LogP contribution >= 0.6 is 0 Å². The standard InChI is InChI=1S/C16H20FN3O/c1-10-5-7-16(18,8-6-10)15-19-14(20-21-15)12-3-4-13(17)11(2)9-12/h3-4,9-10H,5-8,18H2,1-2H3. The van der Waals surface area contributed by atoms with Gasteiger partial charge < -0.3 is 10.3 Å². The van der Waals surface area contributed by atoms with E-state index < -0.39 is 5.54 Å². The minimum atomic E-state index is -0.521. The molecule has 1 aromatic heterocycles. The summed E-state index contributed by atoms with van der Waals surface area (Å²) in [7, 11) is 0. The molecule has 0 spiro atoms. The second-order valence-corrected chi connectivity index (χ2v) is 6.23. The van der Waals surface area contributed by atoms with Crippen molar-refractivity contribution in [2.75, 3.05) is 0 Å². The van der Waals surface area contributed by atoms with Gasteiger partial charge in [0.25, 0.3) is 0 Å². The maximum Gasteiger partial charge on any atom is 0.247 e. The Morgan fingerprint density at radius 2 is 2.05 bits per heavy atom. The van der Waals surface area contributed by atoms with Crippen molar-refractivity contribution in [1.29, 1.82) is 0 Å². The quantitative estimate of drug-likeness (QED) is 0.918. The predicted octanol–water partition coefficient (Wildman–Crippen LogP) is 3.55. The first-order valence-corrected chi connectivity index (χ1v) is 7.37. The van der Waals surface area contributed by atoms with E-state index in [1.807, 2.05) is 0 Å². The lowest BCUT2D eigenvalue weighted by atomic mass is 9.78. The molecular formula is C16H20FN3O. The summed E-state index contributed by atoms with van der Waals surface area (Å²) in [6.07, 6.45) is 3.87. The van der Waals surface area contributed by atoms with E-state index in [1.165, 1.54) is 6.07 Å². The van der Waals surface area contributed by atoms with Crippen molar-refractivity contribution in [1.82, 2.24) is 10.1 Å². The van der Waals surface area contributed by atoms with Gasteiger partial charge in [-0.05, 0) is 62.3 Å². The molecule has 0 aliphatic heterocycles. The Morgan fingerprint density at radius 1 is 1.33 bits per heavy atom. The molecule has 1 saturated carbocycles. The number of benzene rings is 1. The van der Waals surface area contributed by atoms with E-state index >= 15 is 0 Å². The third kappa shape index (κ3) is 2.70. The molecule has 0 amide bonds. The van der Waals surface area contributed by atoms with Crippen LogP contribution in [0.5, 0.6) is 0 Å². The number of hydrogen-bond acceptors (Lipinski definition) is 4. The summed E-state index contributed by atoms with van der Waals surface area (Å²) < 4.78 is 18.7. The van der Waals surface area contributed by atoms with Gasteiger partial charge in [0, 0.05) is 5.56 Å². The lowest BCUT2D eigenvalue weighted by Gasteiger charge is -2.32. The summed E-state index contributed by atoms with van der Waals surface area (Å²) in [5.74, 6) is 1.42. The number of halogens is 1. The first-order valence-electron chi connectivity index (χ1n) is 7.37. The van der Waals surface area contributed by atoms with Gasteiger partial charge in [-0.2, -0.15) is 4.98 Å². The molecule has 2 aromatic rings. The van der Waals surface area contributed by atoms with E-state index in [-0.39, 0.29) is 5.82 Å². The minimum Gasteiger partial charge on any atom is -0.337 e. The minimum absolute atomic E-state index is 0.237. The summed E-state index contributed by atoms with van der Waals surface area (Å²) in [5.41, 5.74) is 7.22. The molecule has 1 fully saturated rings. The first kappa shape index (κ1) is 14.2. The zero-order chi connectivity index (χ0) is 15.0. The fourth-order valence-corrected chi connectivity index (χ4v) is 2.82. The molecule has 5 heteroatoms. The summed E-state index contributed by atoms with van der Waals surface area (Å²) in [5, 5.41) is 4.01. The normalized spacial score (nSPS) is 26.0. The van der Waals surface area contributed by atoms with Crippen molar-refractivity contribution in [2.24, 2.45) is 11.7 Å². The number of rotatable bonds is 2. The van der Waals surface area contributed by atoms with Gasteiger partial charge in [-0.3, -0.25) is 0 Å². The van der Waals surface area contributed by atoms with Crippen LogP contribution in [-0.2, 0) is 5.54 Å². The van der Waals surface area contributed by atoms with Crippen molar-refractivity contribution in [3.05, 3.63) is 35.5 Å². The Morgan fingerprint density at radius 3 is 2.71 bits per heavy atom. The van der Waals surface area contributed by atoms with Gasteiger partial charge in [0.2, 0.25) is 11.7 Å². The number of hydrogen-bond donors (Lipinski definition) is 1. The molecule has 0 unspecified atom stereocenters. The molecule has 0 bridgehead atoms. The van der Waals surface area contributed by atoms with Crippen LogP contribution in [0, 0.1) is 18.7 Å². The van der Waals surface area contributed by atoms with E-state index in [4.69, 9.17) is 10.3 Å². The molecule has 0 saturated heterocycles. The molecular weight excluding hydrogens is 269 g/mol. The van der Waals surface area contributed by atoms with Gasteiger partial charge in [0.1, 0.15) is 5.82 Å². The molecule has 0 radical (unpaired) electrons. The summed E-state index contributed by atoms with van der Waals surface area (Å²) in [6, 6.07) is 4.79. The average Bonchev–Trinajstić information content (AvgIpc) is 2.96. The molecule has 4 nitrogen and oxygen atoms in total. The van der Waals surface area contributed by atoms with Gasteiger partial charge in [-0.15, -0.1) is 0 Å². The van der Waals surface area contributed by atoms with E-state index in [9.17, 15) is 4.39 Å². The van der Waals surface area contributed by atoms with Gasteiger partial charge in [-0.1, -0.05) is 12.1 Å². The highest BCUT2D eigenvalue weighted by atomic mass is 19.1. The summed E-state index contributed by atoms with van der Waals surface area (Å²) >= 11 is 0. The fraction of sp³-hybridized carbons (Fsp3) is 0.500. The highest BCUT2D eigenvalue weighted by Gasteiger charge is 2.37. The largest absolute Gasteiger partial charge is 0.337 e. The van der Waals surface area contributed by atoms with Crippen molar-refractivity contribution < 1.29 is 8.91 Å². The molecule has 1 aromatic carbocycles. The number of nitrogens with two attached hydrogens (primary N) is 1. The SMILES string of the molecule is Cc1cc(-c2noc(C3(N)CCC(C)CC3)n2)ccc1F. The van der Waals surface area contributed by atoms with E-state index in [2.05, 4.69) is 17.1 Å². The van der Waals surface area contributed by atoms with Gasteiger partial charge in [0.15, 0.2) is 0 Å². The molecule has 1 aliphatic carbocycles. The third-order valence-electron chi connectivity index (χ3n) is 4.43. The molecule has 21 heavy (non-hydrogen) atoms. The highest BCUT2D eigenvalue weighted by Crippen LogP contribution is 2.37. The molecule has 3 rings (SSSR count). The van der Waals surface area contributed by atoms with Gasteiger partial charge in [-0.25, -0.2) is 4.39 Å². The molecule has 1 heterocycles. The van der Waals surface area contributed by atoms with Gasteiger partial charge >= 0.3 is 0 Å². The summed E-state index contributed by atoms with van der Waals surface area (Å²) in [6.45, 7) is 3.95. The van der Waals surface area contributed by atoms with Crippen LogP contribution in [0.1, 0.15) is 44.1 Å². The van der Waals surface area contributed by atoms with Crippen LogP contribution in [-0.4, -0.2) is 10.1 Å². The van der Waals surface area contributed by atoms with Crippen molar-refractivity contribution >= 4 is 0 Å². The monoisotopic (exact) mass is 289 g/mol. The molecule has 0 atom stereocenters. The predicted molar refractivity (Wildman–Crippen MR) is 77.9 cm³/mol. The van der Waals surface area contributed by atoms with Crippen LogP contribution in [0.4, 0.5) is 4.39 Å². The Balaban J connectivity index is 1.87. The highest BCUT2D eigenvalue weighted by molar-refractivity contribution is 5.55. The maximum atomic E-state index is 13.3. The van der Waals surface area contributed by atoms with Crippen molar-refractivity contribution in [3.8, 4) is 11.4 Å². The van der Waals surface area contributed by atoms with Crippen LogP contribution in [0.25, 0.3) is 11.4 Å². The Hall–Kier alpha value is -1.75. The Kier molecular flexibility index (Phi) is 3.53. The van der Waals surface area contributed by atoms with Crippen LogP contribution in [0.15, 0.2) is 22.7 Å². The van der Waals surface area contributed by atoms with Crippen molar-refractivity contribution in [2.45, 2.75) is 45.1 Å². The fourth-order valence-electron chi connectivity index (χ4n) is 2.82. The van der Waals surface area contributed by atoms with E-state index in [1.54, 1.807) is 19.1 Å². The van der Waals surface area contributed by atoms with E-state index in [0.717, 1.165) is 31.2 Å². The second kappa shape index (κ2) is 5.22. The van der Waals surface area contributed by atoms with Crippen LogP contribution < -0.4 is 5.73 Å². The number of aryl methyl sites for hydroxylation is 1. The third-order valence-corrected chi connectivity index (χ3v) is 4.43.